The zero-order valence-electron chi connectivity index (χ0n) is 24.9. The van der Waals surface area contributed by atoms with Gasteiger partial charge in [0.1, 0.15) is 29.2 Å². The number of hydrogen-bond donors (Lipinski definition) is 0. The van der Waals surface area contributed by atoms with Crippen molar-refractivity contribution in [3.8, 4) is 40.0 Å². The lowest BCUT2D eigenvalue weighted by molar-refractivity contribution is -0.211. The number of fused-ring (bicyclic) bond motifs is 1. The number of furan rings is 1. The van der Waals surface area contributed by atoms with E-state index in [-0.39, 0.29) is 23.0 Å². The highest BCUT2D eigenvalue weighted by molar-refractivity contribution is 5.93. The van der Waals surface area contributed by atoms with Crippen LogP contribution in [0.4, 0.5) is 4.39 Å². The highest BCUT2D eigenvalue weighted by atomic mass is 19.1. The molecule has 2 aromatic carbocycles. The van der Waals surface area contributed by atoms with Gasteiger partial charge in [-0.05, 0) is 82.4 Å². The van der Waals surface area contributed by atoms with E-state index < -0.39 is 12.1 Å². The fraction of sp³-hybridized carbons (Fsp3) is 0.394. The molecule has 1 aliphatic heterocycles. The molecule has 0 N–H and O–H groups in total. The molecule has 9 heteroatoms. The Bertz CT molecular complexity index is 1620. The van der Waals surface area contributed by atoms with Crippen molar-refractivity contribution in [3.05, 3.63) is 65.6 Å². The number of aryl methyl sites for hydroxylation is 1. The Hall–Kier alpha value is -3.97. The van der Waals surface area contributed by atoms with E-state index in [1.165, 1.54) is 6.07 Å². The summed E-state index contributed by atoms with van der Waals surface area (Å²) >= 11 is 0. The molecule has 42 heavy (non-hydrogen) atoms. The molecule has 1 aliphatic carbocycles. The van der Waals surface area contributed by atoms with Gasteiger partial charge in [0.15, 0.2) is 23.4 Å². The van der Waals surface area contributed by atoms with Crippen LogP contribution in [0.2, 0.25) is 0 Å². The Morgan fingerprint density at radius 2 is 1.83 bits per heavy atom. The van der Waals surface area contributed by atoms with Gasteiger partial charge < -0.3 is 28.3 Å². The fourth-order valence-corrected chi connectivity index (χ4v) is 5.20. The maximum atomic E-state index is 15.5. The van der Waals surface area contributed by atoms with Crippen LogP contribution >= 0.6 is 0 Å². The third kappa shape index (κ3) is 6.26. The van der Waals surface area contributed by atoms with Crippen LogP contribution in [0.3, 0.4) is 0 Å². The highest BCUT2D eigenvalue weighted by Crippen LogP contribution is 2.49. The van der Waals surface area contributed by atoms with Crippen LogP contribution in [0.1, 0.15) is 36.8 Å². The van der Waals surface area contributed by atoms with Crippen molar-refractivity contribution in [2.75, 3.05) is 35.4 Å². The third-order valence-electron chi connectivity index (χ3n) is 7.30. The van der Waals surface area contributed by atoms with Crippen LogP contribution in [-0.4, -0.2) is 63.2 Å². The summed E-state index contributed by atoms with van der Waals surface area (Å²) in [7, 11) is 9.20. The first-order chi connectivity index (χ1) is 20.1. The van der Waals surface area contributed by atoms with Gasteiger partial charge in [-0.1, -0.05) is 6.07 Å². The van der Waals surface area contributed by atoms with Crippen molar-refractivity contribution in [3.63, 3.8) is 0 Å². The van der Waals surface area contributed by atoms with Gasteiger partial charge in [-0.2, -0.15) is 5.26 Å². The molecule has 3 heterocycles. The van der Waals surface area contributed by atoms with E-state index in [4.69, 9.17) is 23.4 Å². The lowest BCUT2D eigenvalue weighted by Crippen LogP contribution is -2.40. The zero-order chi connectivity index (χ0) is 30.0. The van der Waals surface area contributed by atoms with E-state index in [9.17, 15) is 5.26 Å². The molecule has 1 saturated heterocycles. The summed E-state index contributed by atoms with van der Waals surface area (Å²) in [5, 5.41) is 9.91. The molecule has 2 atom stereocenters. The normalized spacial score (nSPS) is 18.8. The van der Waals surface area contributed by atoms with Crippen molar-refractivity contribution in [2.24, 2.45) is 0 Å². The Kier molecular flexibility index (Phi) is 8.50. The predicted molar refractivity (Wildman–Crippen MR) is 158 cm³/mol. The molecular formula is C33H36FN3O5. The van der Waals surface area contributed by atoms with Crippen LogP contribution < -0.4 is 9.47 Å². The molecule has 2 fully saturated rings. The summed E-state index contributed by atoms with van der Waals surface area (Å²) in [6.07, 6.45) is 3.88. The summed E-state index contributed by atoms with van der Waals surface area (Å²) in [4.78, 5) is 6.44. The average molecular weight is 574 g/mol. The van der Waals surface area contributed by atoms with Gasteiger partial charge in [0.25, 0.3) is 0 Å². The molecule has 1 saturated carbocycles. The number of nitriles is 1. The molecule has 220 valence electrons. The van der Waals surface area contributed by atoms with Crippen LogP contribution in [0, 0.1) is 24.1 Å². The first kappa shape index (κ1) is 29.5. The quantitative estimate of drug-likeness (QED) is 0.251. The molecule has 4 aromatic rings. The number of pyridine rings is 1. The minimum Gasteiger partial charge on any atom is -0.496 e. The first-order valence-corrected chi connectivity index (χ1v) is 13.9. The van der Waals surface area contributed by atoms with Gasteiger partial charge in [0, 0.05) is 37.8 Å². The summed E-state index contributed by atoms with van der Waals surface area (Å²) in [6, 6.07) is 14.5. The number of benzene rings is 2. The summed E-state index contributed by atoms with van der Waals surface area (Å²) in [6.45, 7) is 1.99. The SMILES string of the molecule is CN(C)C.COc1cc(C)ccc1-c1cc2nccc(-c3cc(F)c(OC4CC(OC)OC5(CC5)C4)c(C#N)c3)c2o1. The number of aromatic nitrogens is 1. The predicted octanol–water partition coefficient (Wildman–Crippen LogP) is 6.73. The molecule has 1 spiro atoms. The molecule has 2 aromatic heterocycles. The minimum absolute atomic E-state index is 0.0522. The minimum atomic E-state index is -0.610. The van der Waals surface area contributed by atoms with E-state index in [0.29, 0.717) is 46.6 Å². The molecule has 6 rings (SSSR count). The van der Waals surface area contributed by atoms with E-state index in [1.54, 1.807) is 32.5 Å². The molecule has 0 bridgehead atoms. The van der Waals surface area contributed by atoms with E-state index in [2.05, 4.69) is 11.1 Å². The fourth-order valence-electron chi connectivity index (χ4n) is 5.20. The van der Waals surface area contributed by atoms with Gasteiger partial charge in [-0.3, -0.25) is 4.98 Å². The van der Waals surface area contributed by atoms with Crippen LogP contribution in [-0.2, 0) is 9.47 Å². The van der Waals surface area contributed by atoms with Gasteiger partial charge in [0.05, 0.1) is 23.8 Å². The summed E-state index contributed by atoms with van der Waals surface area (Å²) in [5.74, 6) is 0.602. The topological polar surface area (TPSA) is 90.0 Å². The van der Waals surface area contributed by atoms with Crippen molar-refractivity contribution in [1.29, 1.82) is 5.26 Å². The lowest BCUT2D eigenvalue weighted by Gasteiger charge is -2.35. The summed E-state index contributed by atoms with van der Waals surface area (Å²) in [5.41, 5.74) is 3.93. The second kappa shape index (κ2) is 12.1. The monoisotopic (exact) mass is 573 g/mol. The summed E-state index contributed by atoms with van der Waals surface area (Å²) < 4.78 is 44.8. The Morgan fingerprint density at radius 1 is 1.07 bits per heavy atom. The maximum absolute atomic E-state index is 15.5. The first-order valence-electron chi connectivity index (χ1n) is 13.9. The van der Waals surface area contributed by atoms with Crippen molar-refractivity contribution >= 4 is 11.1 Å². The Morgan fingerprint density at radius 3 is 2.50 bits per heavy atom. The lowest BCUT2D eigenvalue weighted by atomic mass is 10.0. The van der Waals surface area contributed by atoms with E-state index in [0.717, 1.165) is 24.0 Å². The molecule has 8 nitrogen and oxygen atoms in total. The molecule has 0 amide bonds. The third-order valence-corrected chi connectivity index (χ3v) is 7.30. The van der Waals surface area contributed by atoms with Crippen molar-refractivity contribution in [1.82, 2.24) is 9.88 Å². The molecular weight excluding hydrogens is 537 g/mol. The second-order valence-corrected chi connectivity index (χ2v) is 11.3. The Labute approximate surface area is 245 Å². The van der Waals surface area contributed by atoms with Crippen LogP contribution in [0.15, 0.2) is 53.1 Å². The average Bonchev–Trinajstić information content (AvgIpc) is 3.54. The molecule has 0 radical (unpaired) electrons. The maximum Gasteiger partial charge on any atom is 0.173 e. The number of halogens is 1. The molecule has 2 aliphatic rings. The Balaban J connectivity index is 0.000000830. The zero-order valence-corrected chi connectivity index (χ0v) is 24.9. The number of nitrogens with zero attached hydrogens (tertiary/aromatic N) is 3. The number of methoxy groups -OCH3 is 2. The largest absolute Gasteiger partial charge is 0.496 e. The van der Waals surface area contributed by atoms with Crippen molar-refractivity contribution in [2.45, 2.75) is 50.6 Å². The van der Waals surface area contributed by atoms with Gasteiger partial charge in [0.2, 0.25) is 0 Å². The van der Waals surface area contributed by atoms with E-state index in [1.807, 2.05) is 57.2 Å². The van der Waals surface area contributed by atoms with Crippen LogP contribution in [0.25, 0.3) is 33.6 Å². The van der Waals surface area contributed by atoms with Gasteiger partial charge >= 0.3 is 0 Å². The molecule has 2 unspecified atom stereocenters. The number of ether oxygens (including phenoxy) is 4. The number of rotatable bonds is 6. The van der Waals surface area contributed by atoms with E-state index >= 15 is 4.39 Å². The van der Waals surface area contributed by atoms with Gasteiger partial charge in [-0.15, -0.1) is 0 Å². The smallest absolute Gasteiger partial charge is 0.173 e. The van der Waals surface area contributed by atoms with Gasteiger partial charge in [-0.25, -0.2) is 4.39 Å². The standard InChI is InChI=1S/C30H27FN2O5.C3H9N/c1-17-4-5-22(25(10-17)34-2)26-14-24-29(37-26)21(6-9-33-24)18-11-19(16-32)28(23(31)12-18)36-20-13-27(35-3)38-30(15-20)7-8-30;1-4(2)3/h4-6,9-12,14,20,27H,7-8,13,15H2,1-3H3;1-3H3. The highest BCUT2D eigenvalue weighted by Gasteiger charge is 2.51. The van der Waals surface area contributed by atoms with Crippen molar-refractivity contribution < 1.29 is 27.8 Å². The van der Waals surface area contributed by atoms with Crippen LogP contribution in [0.5, 0.6) is 11.5 Å². The second-order valence-electron chi connectivity index (χ2n) is 11.3. The number of hydrogen-bond acceptors (Lipinski definition) is 8.